The number of pyridine rings is 1. The molecule has 1 aliphatic heterocycles. The number of aromatic nitrogens is 7. The molecule has 0 aliphatic carbocycles. The van der Waals surface area contributed by atoms with Gasteiger partial charge in [-0.3, -0.25) is 9.78 Å². The molecule has 2 N–H and O–H groups in total. The number of nitrogens with two attached hydrogens (primary N) is 1. The molecule has 0 saturated heterocycles. The van der Waals surface area contributed by atoms with Crippen LogP contribution >= 0.6 is 0 Å². The molecule has 10 heteroatoms. The van der Waals surface area contributed by atoms with Gasteiger partial charge in [-0.25, -0.2) is 14.6 Å². The van der Waals surface area contributed by atoms with E-state index in [1.165, 1.54) is 17.8 Å². The van der Waals surface area contributed by atoms with E-state index in [0.717, 1.165) is 28.2 Å². The number of carbonyl (C=O) groups is 1. The van der Waals surface area contributed by atoms with E-state index >= 15 is 0 Å². The molecule has 0 saturated carbocycles. The molecule has 0 radical (unpaired) electrons. The Morgan fingerprint density at radius 2 is 1.82 bits per heavy atom. The number of benzene rings is 1. The van der Waals surface area contributed by atoms with Crippen LogP contribution in [-0.4, -0.2) is 46.7 Å². The average Bonchev–Trinajstić information content (AvgIpc) is 3.51. The number of hydrogen-bond acceptors (Lipinski definition) is 8. The van der Waals surface area contributed by atoms with Crippen LogP contribution in [0.15, 0.2) is 61.2 Å². The second-order valence-corrected chi connectivity index (χ2v) is 8.16. The van der Waals surface area contributed by atoms with Gasteiger partial charge in [0.05, 0.1) is 25.0 Å². The summed E-state index contributed by atoms with van der Waals surface area (Å²) in [4.78, 5) is 28.5. The van der Waals surface area contributed by atoms with Crippen LogP contribution in [0.2, 0.25) is 0 Å². The molecule has 0 unspecified atom stereocenters. The monoisotopic (exact) mass is 451 g/mol. The lowest BCUT2D eigenvalue weighted by molar-refractivity contribution is 0.101. The first kappa shape index (κ1) is 20.0. The van der Waals surface area contributed by atoms with Crippen LogP contribution in [0.3, 0.4) is 0 Å². The Hall–Kier alpha value is -4.60. The molecule has 4 aromatic heterocycles. The molecule has 0 atom stereocenters. The Kier molecular flexibility index (Phi) is 4.58. The minimum absolute atomic E-state index is 0.167. The number of fused-ring (bicyclic) bond motifs is 2. The van der Waals surface area contributed by atoms with Crippen molar-refractivity contribution in [2.45, 2.75) is 20.0 Å². The lowest BCUT2D eigenvalue weighted by atomic mass is 10.1. The number of nitrogen functional groups attached to an aromatic ring is 1. The first-order valence-electron chi connectivity index (χ1n) is 10.9. The molecular weight excluding hydrogens is 430 g/mol. The fourth-order valence-electron chi connectivity index (χ4n) is 4.35. The molecule has 0 bridgehead atoms. The van der Waals surface area contributed by atoms with E-state index in [-0.39, 0.29) is 11.6 Å². The summed E-state index contributed by atoms with van der Waals surface area (Å²) in [6.07, 6.45) is 5.05. The number of Topliss-reactive ketones (excluding diaryl/α,β-unsaturated/α-hetero) is 1. The maximum atomic E-state index is 12.6. The molecule has 5 heterocycles. The van der Waals surface area contributed by atoms with Crippen molar-refractivity contribution in [2.75, 3.05) is 17.2 Å². The fraction of sp³-hybridized carbons (Fsp3) is 0.167. The van der Waals surface area contributed by atoms with Crippen molar-refractivity contribution in [3.8, 4) is 22.4 Å². The van der Waals surface area contributed by atoms with E-state index in [1.54, 1.807) is 12.4 Å². The smallest absolute Gasteiger partial charge is 0.167 e. The van der Waals surface area contributed by atoms with Crippen LogP contribution in [0.1, 0.15) is 23.1 Å². The summed E-state index contributed by atoms with van der Waals surface area (Å²) < 4.78 is 3.38. The Morgan fingerprint density at radius 1 is 0.971 bits per heavy atom. The van der Waals surface area contributed by atoms with Gasteiger partial charge in [-0.2, -0.15) is 14.7 Å². The van der Waals surface area contributed by atoms with E-state index in [1.807, 2.05) is 52.0 Å². The minimum Gasteiger partial charge on any atom is -0.383 e. The standard InChI is InChI=1S/C24H21N9O/c1-15(34)21-22(25)33-23(30-24(21)31-9-10-32-20(13-31)27-14-29-32)18(12-28-33)17-7-8-19(26-11-17)16-5-3-2-4-6-16/h2-8,11-12,14H,9-10,13,25H2,1H3. The summed E-state index contributed by atoms with van der Waals surface area (Å²) in [5, 5.41) is 8.67. The topological polar surface area (TPSA) is 120 Å². The molecular formula is C24H21N9O. The Bertz CT molecular complexity index is 1520. The predicted molar refractivity (Wildman–Crippen MR) is 127 cm³/mol. The third-order valence-corrected chi connectivity index (χ3v) is 6.07. The summed E-state index contributed by atoms with van der Waals surface area (Å²) in [6, 6.07) is 14.0. The van der Waals surface area contributed by atoms with Gasteiger partial charge >= 0.3 is 0 Å². The van der Waals surface area contributed by atoms with Gasteiger partial charge in [0.2, 0.25) is 0 Å². The van der Waals surface area contributed by atoms with Crippen LogP contribution in [0.5, 0.6) is 0 Å². The van der Waals surface area contributed by atoms with Gasteiger partial charge in [-0.15, -0.1) is 0 Å². The van der Waals surface area contributed by atoms with E-state index in [4.69, 9.17) is 10.7 Å². The summed E-state index contributed by atoms with van der Waals surface area (Å²) in [7, 11) is 0. The third-order valence-electron chi connectivity index (χ3n) is 6.07. The van der Waals surface area contributed by atoms with Gasteiger partial charge in [0.1, 0.15) is 29.4 Å². The maximum Gasteiger partial charge on any atom is 0.167 e. The second-order valence-electron chi connectivity index (χ2n) is 8.16. The predicted octanol–water partition coefficient (Wildman–Crippen LogP) is 2.85. The average molecular weight is 451 g/mol. The van der Waals surface area contributed by atoms with E-state index in [2.05, 4.69) is 20.2 Å². The zero-order chi connectivity index (χ0) is 23.2. The van der Waals surface area contributed by atoms with Crippen LogP contribution in [-0.2, 0) is 13.1 Å². The zero-order valence-corrected chi connectivity index (χ0v) is 18.5. The number of anilines is 2. The van der Waals surface area contributed by atoms with Gasteiger partial charge in [0.15, 0.2) is 11.4 Å². The molecule has 6 rings (SSSR count). The van der Waals surface area contributed by atoms with Gasteiger partial charge < -0.3 is 10.6 Å². The SMILES string of the molecule is CC(=O)c1c(N2CCn3ncnc3C2)nc2c(-c3ccc(-c4ccccc4)nc3)cnn2c1N. The highest BCUT2D eigenvalue weighted by Crippen LogP contribution is 2.32. The van der Waals surface area contributed by atoms with Crippen LogP contribution in [0.4, 0.5) is 11.6 Å². The van der Waals surface area contributed by atoms with Crippen molar-refractivity contribution in [3.05, 3.63) is 72.6 Å². The van der Waals surface area contributed by atoms with Gasteiger partial charge in [0.25, 0.3) is 0 Å². The van der Waals surface area contributed by atoms with E-state index in [0.29, 0.717) is 36.7 Å². The van der Waals surface area contributed by atoms with Crippen LogP contribution in [0.25, 0.3) is 28.0 Å². The molecule has 5 aromatic rings. The minimum atomic E-state index is -0.167. The highest BCUT2D eigenvalue weighted by Gasteiger charge is 2.27. The largest absolute Gasteiger partial charge is 0.383 e. The summed E-state index contributed by atoms with van der Waals surface area (Å²) in [5.74, 6) is 1.44. The highest BCUT2D eigenvalue weighted by atomic mass is 16.1. The van der Waals surface area contributed by atoms with Crippen LogP contribution in [0, 0.1) is 0 Å². The molecule has 0 amide bonds. The van der Waals surface area contributed by atoms with Gasteiger partial charge in [0, 0.05) is 29.4 Å². The molecule has 10 nitrogen and oxygen atoms in total. The lowest BCUT2D eigenvalue weighted by Gasteiger charge is -2.29. The Labute approximate surface area is 194 Å². The molecule has 0 fully saturated rings. The summed E-state index contributed by atoms with van der Waals surface area (Å²) in [5.41, 5.74) is 11.0. The first-order chi connectivity index (χ1) is 16.6. The Morgan fingerprint density at radius 3 is 2.59 bits per heavy atom. The quantitative estimate of drug-likeness (QED) is 0.414. The van der Waals surface area contributed by atoms with Crippen molar-refractivity contribution < 1.29 is 4.79 Å². The normalized spacial score (nSPS) is 13.3. The van der Waals surface area contributed by atoms with Gasteiger partial charge in [-0.05, 0) is 13.0 Å². The number of carbonyl (C=O) groups excluding carboxylic acids is 1. The lowest BCUT2D eigenvalue weighted by Crippen LogP contribution is -2.36. The highest BCUT2D eigenvalue weighted by molar-refractivity contribution is 6.04. The van der Waals surface area contributed by atoms with E-state index < -0.39 is 0 Å². The fourth-order valence-corrected chi connectivity index (χ4v) is 4.35. The Balaban J connectivity index is 1.46. The number of hydrogen-bond donors (Lipinski definition) is 1. The summed E-state index contributed by atoms with van der Waals surface area (Å²) >= 11 is 0. The van der Waals surface area contributed by atoms with Crippen LogP contribution < -0.4 is 10.6 Å². The van der Waals surface area contributed by atoms with Crippen molar-refractivity contribution >= 4 is 23.1 Å². The van der Waals surface area contributed by atoms with Crippen molar-refractivity contribution in [2.24, 2.45) is 0 Å². The third kappa shape index (κ3) is 3.19. The maximum absolute atomic E-state index is 12.6. The zero-order valence-electron chi connectivity index (χ0n) is 18.5. The molecule has 1 aromatic carbocycles. The molecule has 168 valence electrons. The molecule has 1 aliphatic rings. The number of ketones is 1. The van der Waals surface area contributed by atoms with Gasteiger partial charge in [-0.1, -0.05) is 36.4 Å². The van der Waals surface area contributed by atoms with Crippen molar-refractivity contribution in [1.82, 2.24) is 34.3 Å². The first-order valence-corrected chi connectivity index (χ1v) is 10.9. The van der Waals surface area contributed by atoms with E-state index in [9.17, 15) is 4.79 Å². The summed E-state index contributed by atoms with van der Waals surface area (Å²) in [6.45, 7) is 3.26. The number of rotatable bonds is 4. The number of nitrogens with zero attached hydrogens (tertiary/aromatic N) is 8. The van der Waals surface area contributed by atoms with Crippen molar-refractivity contribution in [3.63, 3.8) is 0 Å². The molecule has 34 heavy (non-hydrogen) atoms. The van der Waals surface area contributed by atoms with Crippen molar-refractivity contribution in [1.29, 1.82) is 0 Å². The molecule has 0 spiro atoms. The second kappa shape index (κ2) is 7.77.